The summed E-state index contributed by atoms with van der Waals surface area (Å²) in [7, 11) is 0. The van der Waals surface area contributed by atoms with Gasteiger partial charge in [0.15, 0.2) is 5.69 Å². The first-order valence-electron chi connectivity index (χ1n) is 9.19. The first-order chi connectivity index (χ1) is 12.2. The van der Waals surface area contributed by atoms with Crippen molar-refractivity contribution < 1.29 is 4.79 Å². The van der Waals surface area contributed by atoms with Crippen molar-refractivity contribution in [2.24, 2.45) is 11.8 Å². The summed E-state index contributed by atoms with van der Waals surface area (Å²) < 4.78 is 1.75. The normalized spacial score (nSPS) is 23.5. The molecule has 0 aliphatic carbocycles. The van der Waals surface area contributed by atoms with E-state index in [1.165, 1.54) is 0 Å². The third-order valence-electron chi connectivity index (χ3n) is 5.67. The number of likely N-dealkylation sites (tertiary alicyclic amines) is 1. The minimum absolute atomic E-state index is 0.0609. The topological polar surface area (TPSA) is 67.2 Å². The Bertz CT molecular complexity index is 846. The predicted molar refractivity (Wildman–Crippen MR) is 96.7 cm³/mol. The third kappa shape index (κ3) is 2.84. The fourth-order valence-electron chi connectivity index (χ4n) is 4.19. The lowest BCUT2D eigenvalue weighted by molar-refractivity contribution is 0.0749. The summed E-state index contributed by atoms with van der Waals surface area (Å²) in [5, 5.41) is 8.41. The van der Waals surface area contributed by atoms with Crippen LogP contribution in [-0.4, -0.2) is 46.8 Å². The zero-order valence-corrected chi connectivity index (χ0v) is 14.6. The fourth-order valence-corrected chi connectivity index (χ4v) is 4.19. The van der Waals surface area contributed by atoms with Crippen LogP contribution >= 0.6 is 0 Å². The Kier molecular flexibility index (Phi) is 4.29. The van der Waals surface area contributed by atoms with Gasteiger partial charge in [-0.2, -0.15) is 5.10 Å². The van der Waals surface area contributed by atoms with Gasteiger partial charge in [-0.25, -0.2) is 0 Å². The van der Waals surface area contributed by atoms with E-state index in [4.69, 9.17) is 0 Å². The number of aryl methyl sites for hydroxylation is 1. The number of para-hydroxylation sites is 1. The Morgan fingerprint density at radius 1 is 1.20 bits per heavy atom. The van der Waals surface area contributed by atoms with Crippen LogP contribution in [0.4, 0.5) is 0 Å². The second-order valence-electron chi connectivity index (χ2n) is 7.06. The van der Waals surface area contributed by atoms with Gasteiger partial charge in [0.05, 0.1) is 5.52 Å². The SMILES string of the molecule is CCn1nc(C(=O)N2CC[C@@H]3CNC[C@@H]3CC2)c(=O)c2ccccc21. The van der Waals surface area contributed by atoms with Crippen molar-refractivity contribution in [1.82, 2.24) is 20.0 Å². The molecule has 0 spiro atoms. The number of carbonyl (C=O) groups excluding carboxylic acids is 1. The largest absolute Gasteiger partial charge is 0.337 e. The molecule has 1 N–H and O–H groups in total. The number of benzene rings is 1. The maximum atomic E-state index is 13.0. The summed E-state index contributed by atoms with van der Waals surface area (Å²) in [5.74, 6) is 1.08. The molecule has 3 heterocycles. The molecule has 2 aliphatic rings. The Hall–Kier alpha value is -2.21. The average molecular weight is 340 g/mol. The Morgan fingerprint density at radius 3 is 2.56 bits per heavy atom. The molecule has 2 aromatic rings. The molecular formula is C19H24N4O2. The Morgan fingerprint density at radius 2 is 1.88 bits per heavy atom. The number of amides is 1. The molecule has 2 atom stereocenters. The predicted octanol–water partition coefficient (Wildman–Crippen LogP) is 1.49. The molecule has 4 rings (SSSR count). The Balaban J connectivity index is 1.68. The number of rotatable bonds is 2. The first-order valence-corrected chi connectivity index (χ1v) is 9.19. The average Bonchev–Trinajstić information content (AvgIpc) is 3.00. The highest BCUT2D eigenvalue weighted by Gasteiger charge is 2.32. The van der Waals surface area contributed by atoms with Crippen LogP contribution in [0.25, 0.3) is 10.9 Å². The smallest absolute Gasteiger partial charge is 0.278 e. The number of hydrogen-bond donors (Lipinski definition) is 1. The van der Waals surface area contributed by atoms with Crippen LogP contribution in [0.15, 0.2) is 29.1 Å². The van der Waals surface area contributed by atoms with Gasteiger partial charge in [0.2, 0.25) is 5.43 Å². The van der Waals surface area contributed by atoms with Gasteiger partial charge in [-0.15, -0.1) is 0 Å². The fraction of sp³-hybridized carbons (Fsp3) is 0.526. The van der Waals surface area contributed by atoms with Gasteiger partial charge >= 0.3 is 0 Å². The third-order valence-corrected chi connectivity index (χ3v) is 5.67. The molecule has 1 amide bonds. The van der Waals surface area contributed by atoms with E-state index in [2.05, 4.69) is 10.4 Å². The molecule has 6 nitrogen and oxygen atoms in total. The number of fused-ring (bicyclic) bond motifs is 2. The van der Waals surface area contributed by atoms with E-state index in [0.717, 1.165) is 31.4 Å². The van der Waals surface area contributed by atoms with Crippen molar-refractivity contribution in [2.45, 2.75) is 26.3 Å². The number of aromatic nitrogens is 2. The first kappa shape index (κ1) is 16.3. The molecule has 2 fully saturated rings. The van der Waals surface area contributed by atoms with Crippen molar-refractivity contribution in [3.8, 4) is 0 Å². The van der Waals surface area contributed by atoms with E-state index in [0.29, 0.717) is 36.9 Å². The number of nitrogens with one attached hydrogen (secondary N) is 1. The molecule has 0 bridgehead atoms. The number of carbonyl (C=O) groups is 1. The van der Waals surface area contributed by atoms with Crippen LogP contribution in [0.5, 0.6) is 0 Å². The summed E-state index contributed by atoms with van der Waals surface area (Å²) in [6, 6.07) is 7.37. The van der Waals surface area contributed by atoms with Gasteiger partial charge in [-0.3, -0.25) is 14.3 Å². The molecule has 1 aromatic carbocycles. The van der Waals surface area contributed by atoms with E-state index in [1.54, 1.807) is 10.7 Å². The summed E-state index contributed by atoms with van der Waals surface area (Å²) in [5.41, 5.74) is 0.588. The molecule has 0 radical (unpaired) electrons. The lowest BCUT2D eigenvalue weighted by atomic mass is 9.92. The zero-order chi connectivity index (χ0) is 17.4. The van der Waals surface area contributed by atoms with Gasteiger partial charge in [-0.1, -0.05) is 12.1 Å². The maximum Gasteiger partial charge on any atom is 0.278 e. The van der Waals surface area contributed by atoms with Gasteiger partial charge in [-0.05, 0) is 56.8 Å². The highest BCUT2D eigenvalue weighted by Crippen LogP contribution is 2.27. The van der Waals surface area contributed by atoms with E-state index >= 15 is 0 Å². The molecule has 6 heteroatoms. The van der Waals surface area contributed by atoms with Crippen molar-refractivity contribution in [1.29, 1.82) is 0 Å². The van der Waals surface area contributed by atoms with Crippen LogP contribution in [0.1, 0.15) is 30.3 Å². The lowest BCUT2D eigenvalue weighted by Crippen LogP contribution is -2.37. The summed E-state index contributed by atoms with van der Waals surface area (Å²) in [4.78, 5) is 27.7. The minimum Gasteiger partial charge on any atom is -0.337 e. The second-order valence-corrected chi connectivity index (χ2v) is 7.06. The molecule has 0 unspecified atom stereocenters. The van der Waals surface area contributed by atoms with Gasteiger partial charge < -0.3 is 10.2 Å². The standard InChI is InChI=1S/C19H24N4O2/c1-2-23-16-6-4-3-5-15(16)18(24)17(21-23)19(25)22-9-7-13-11-20-12-14(13)8-10-22/h3-6,13-14,20H,2,7-12H2,1H3/t13-,14+. The van der Waals surface area contributed by atoms with Crippen molar-refractivity contribution in [3.63, 3.8) is 0 Å². The summed E-state index contributed by atoms with van der Waals surface area (Å²) >= 11 is 0. The quantitative estimate of drug-likeness (QED) is 0.899. The van der Waals surface area contributed by atoms with Crippen LogP contribution in [0.2, 0.25) is 0 Å². The van der Waals surface area contributed by atoms with Gasteiger partial charge in [0.25, 0.3) is 5.91 Å². The molecule has 2 saturated heterocycles. The number of nitrogens with zero attached hydrogens (tertiary/aromatic N) is 3. The second kappa shape index (κ2) is 6.59. The highest BCUT2D eigenvalue weighted by molar-refractivity contribution is 5.95. The van der Waals surface area contributed by atoms with Crippen molar-refractivity contribution in [2.75, 3.05) is 26.2 Å². The van der Waals surface area contributed by atoms with Gasteiger partial charge in [0.1, 0.15) is 0 Å². The van der Waals surface area contributed by atoms with Crippen molar-refractivity contribution >= 4 is 16.8 Å². The maximum absolute atomic E-state index is 13.0. The minimum atomic E-state index is -0.253. The molecule has 25 heavy (non-hydrogen) atoms. The summed E-state index contributed by atoms with van der Waals surface area (Å²) in [6.45, 7) is 6.10. The van der Waals surface area contributed by atoms with E-state index in [-0.39, 0.29) is 17.0 Å². The molecule has 2 aliphatic heterocycles. The van der Waals surface area contributed by atoms with Crippen LogP contribution in [0, 0.1) is 11.8 Å². The summed E-state index contributed by atoms with van der Waals surface area (Å²) in [6.07, 6.45) is 2.00. The molecular weight excluding hydrogens is 316 g/mol. The monoisotopic (exact) mass is 340 g/mol. The van der Waals surface area contributed by atoms with Crippen LogP contribution in [-0.2, 0) is 6.54 Å². The molecule has 1 aromatic heterocycles. The van der Waals surface area contributed by atoms with E-state index in [9.17, 15) is 9.59 Å². The van der Waals surface area contributed by atoms with Crippen LogP contribution in [0.3, 0.4) is 0 Å². The Labute approximate surface area is 146 Å². The molecule has 0 saturated carbocycles. The van der Waals surface area contributed by atoms with Crippen molar-refractivity contribution in [3.05, 3.63) is 40.2 Å². The zero-order valence-electron chi connectivity index (χ0n) is 14.6. The highest BCUT2D eigenvalue weighted by atomic mass is 16.2. The van der Waals surface area contributed by atoms with Gasteiger partial charge in [0, 0.05) is 25.0 Å². The number of hydrogen-bond acceptors (Lipinski definition) is 4. The van der Waals surface area contributed by atoms with Crippen LogP contribution < -0.4 is 10.7 Å². The van der Waals surface area contributed by atoms with E-state index in [1.807, 2.05) is 30.0 Å². The molecule has 132 valence electrons. The van der Waals surface area contributed by atoms with E-state index < -0.39 is 0 Å². The lowest BCUT2D eigenvalue weighted by Gasteiger charge is -2.21.